The Morgan fingerprint density at radius 3 is 1.71 bits per heavy atom. The molecule has 140 valence electrons. The van der Waals surface area contributed by atoms with E-state index in [9.17, 15) is 9.59 Å². The summed E-state index contributed by atoms with van der Waals surface area (Å²) in [5.41, 5.74) is 2.94. The number of likely N-dealkylation sites (tertiary alicyclic amines) is 1. The first-order valence-corrected chi connectivity index (χ1v) is 9.63. The molecule has 3 aromatic rings. The summed E-state index contributed by atoms with van der Waals surface area (Å²) in [5.74, 6) is -0.213. The van der Waals surface area contributed by atoms with Gasteiger partial charge in [-0.3, -0.25) is 9.59 Å². The highest BCUT2D eigenvalue weighted by molar-refractivity contribution is 5.90. The smallest absolute Gasteiger partial charge is 0.220 e. The molecule has 3 heteroatoms. The van der Waals surface area contributed by atoms with Crippen LogP contribution in [0.5, 0.6) is 0 Å². The van der Waals surface area contributed by atoms with Crippen LogP contribution in [0, 0.1) is 0 Å². The largest absolute Gasteiger partial charge is 0.327 e. The van der Waals surface area contributed by atoms with Gasteiger partial charge in [-0.15, -0.1) is 0 Å². The van der Waals surface area contributed by atoms with Gasteiger partial charge in [0.25, 0.3) is 0 Å². The van der Waals surface area contributed by atoms with Gasteiger partial charge in [-0.05, 0) is 16.7 Å². The predicted octanol–water partition coefficient (Wildman–Crippen LogP) is 5.07. The van der Waals surface area contributed by atoms with Crippen LogP contribution in [0.2, 0.25) is 0 Å². The molecule has 1 heterocycles. The zero-order valence-corrected chi connectivity index (χ0v) is 15.9. The maximum atomic E-state index is 13.4. The molecule has 28 heavy (non-hydrogen) atoms. The van der Waals surface area contributed by atoms with E-state index in [1.54, 1.807) is 6.92 Å². The Morgan fingerprint density at radius 2 is 1.21 bits per heavy atom. The van der Waals surface area contributed by atoms with Crippen LogP contribution in [0.1, 0.15) is 48.0 Å². The standard InChI is InChI=1S/C25H23NO2/c1-18(27)26-22(19-11-5-2-6-12-19)17-23(28)24(20-13-7-3-8-14-20)25(26)21-15-9-4-10-16-21/h2-16,22,24-25H,17H2,1H3. The number of hydrogen-bond acceptors (Lipinski definition) is 2. The summed E-state index contributed by atoms with van der Waals surface area (Å²) in [6, 6.07) is 29.0. The zero-order chi connectivity index (χ0) is 19.5. The van der Waals surface area contributed by atoms with Gasteiger partial charge in [-0.2, -0.15) is 0 Å². The van der Waals surface area contributed by atoms with Gasteiger partial charge in [-0.25, -0.2) is 0 Å². The van der Waals surface area contributed by atoms with Crippen LogP contribution in [0.15, 0.2) is 91.0 Å². The van der Waals surface area contributed by atoms with Crippen LogP contribution >= 0.6 is 0 Å². The van der Waals surface area contributed by atoms with Crippen LogP contribution in [-0.4, -0.2) is 16.6 Å². The van der Waals surface area contributed by atoms with Crippen molar-refractivity contribution in [1.82, 2.24) is 4.90 Å². The van der Waals surface area contributed by atoms with Gasteiger partial charge in [0, 0.05) is 13.3 Å². The van der Waals surface area contributed by atoms with E-state index in [0.29, 0.717) is 6.42 Å². The van der Waals surface area contributed by atoms with Crippen molar-refractivity contribution in [2.75, 3.05) is 0 Å². The van der Waals surface area contributed by atoms with E-state index in [1.807, 2.05) is 95.9 Å². The molecule has 3 atom stereocenters. The first kappa shape index (κ1) is 18.2. The van der Waals surface area contributed by atoms with Gasteiger partial charge >= 0.3 is 0 Å². The van der Waals surface area contributed by atoms with Crippen LogP contribution in [0.4, 0.5) is 0 Å². The van der Waals surface area contributed by atoms with Gasteiger partial charge in [0.15, 0.2) is 0 Å². The molecule has 1 aliphatic rings. The third-order valence-corrected chi connectivity index (χ3v) is 5.54. The van der Waals surface area contributed by atoms with Gasteiger partial charge in [0.2, 0.25) is 5.91 Å². The highest BCUT2D eigenvalue weighted by Gasteiger charge is 2.45. The number of piperidine rings is 1. The van der Waals surface area contributed by atoms with E-state index in [1.165, 1.54) is 0 Å². The van der Waals surface area contributed by atoms with E-state index in [-0.39, 0.29) is 29.7 Å². The Hall–Kier alpha value is -3.20. The zero-order valence-electron chi connectivity index (χ0n) is 15.9. The molecule has 1 amide bonds. The van der Waals surface area contributed by atoms with Crippen molar-refractivity contribution in [3.05, 3.63) is 108 Å². The fourth-order valence-corrected chi connectivity index (χ4v) is 4.35. The van der Waals surface area contributed by atoms with E-state index < -0.39 is 0 Å². The van der Waals surface area contributed by atoms with Crippen molar-refractivity contribution in [2.45, 2.75) is 31.3 Å². The van der Waals surface area contributed by atoms with Gasteiger partial charge in [0.1, 0.15) is 5.78 Å². The molecule has 1 aliphatic heterocycles. The summed E-state index contributed by atoms with van der Waals surface area (Å²) in [6.07, 6.45) is 0.326. The van der Waals surface area contributed by atoms with Gasteiger partial charge in [0.05, 0.1) is 18.0 Å². The average molecular weight is 369 g/mol. The second-order valence-electron chi connectivity index (χ2n) is 7.27. The minimum atomic E-state index is -0.368. The van der Waals surface area contributed by atoms with Crippen LogP contribution in [-0.2, 0) is 9.59 Å². The van der Waals surface area contributed by atoms with Crippen molar-refractivity contribution < 1.29 is 9.59 Å². The molecule has 1 saturated heterocycles. The number of Topliss-reactive ketones (excluding diaryl/α,β-unsaturated/α-hetero) is 1. The summed E-state index contributed by atoms with van der Waals surface area (Å²) in [4.78, 5) is 28.2. The first-order chi connectivity index (χ1) is 13.7. The molecule has 0 radical (unpaired) electrons. The van der Waals surface area contributed by atoms with E-state index in [4.69, 9.17) is 0 Å². The van der Waals surface area contributed by atoms with Gasteiger partial charge in [-0.1, -0.05) is 91.0 Å². The highest BCUT2D eigenvalue weighted by atomic mass is 16.2. The SMILES string of the molecule is CC(=O)N1C(c2ccccc2)CC(=O)C(c2ccccc2)C1c1ccccc1. The maximum absolute atomic E-state index is 13.4. The lowest BCUT2D eigenvalue weighted by atomic mass is 9.75. The van der Waals surface area contributed by atoms with Crippen LogP contribution in [0.25, 0.3) is 0 Å². The summed E-state index contributed by atoms with van der Waals surface area (Å²) in [7, 11) is 0. The lowest BCUT2D eigenvalue weighted by Gasteiger charge is -2.46. The molecular weight excluding hydrogens is 346 g/mol. The molecule has 1 fully saturated rings. The van der Waals surface area contributed by atoms with E-state index in [0.717, 1.165) is 16.7 Å². The number of amides is 1. The topological polar surface area (TPSA) is 37.4 Å². The number of carbonyl (C=O) groups is 2. The molecule has 0 spiro atoms. The monoisotopic (exact) mass is 369 g/mol. The Bertz CT molecular complexity index is 954. The van der Waals surface area contributed by atoms with E-state index in [2.05, 4.69) is 0 Å². The fourth-order valence-electron chi connectivity index (χ4n) is 4.35. The lowest BCUT2D eigenvalue weighted by Crippen LogP contribution is -2.46. The number of nitrogens with zero attached hydrogens (tertiary/aromatic N) is 1. The second kappa shape index (κ2) is 7.81. The molecule has 3 unspecified atom stereocenters. The number of hydrogen-bond donors (Lipinski definition) is 0. The Morgan fingerprint density at radius 1 is 0.750 bits per heavy atom. The highest BCUT2D eigenvalue weighted by Crippen LogP contribution is 2.47. The first-order valence-electron chi connectivity index (χ1n) is 9.63. The van der Waals surface area contributed by atoms with Crippen molar-refractivity contribution in [1.29, 1.82) is 0 Å². The van der Waals surface area contributed by atoms with Gasteiger partial charge < -0.3 is 4.90 Å². The quantitative estimate of drug-likeness (QED) is 0.646. The number of carbonyl (C=O) groups excluding carboxylic acids is 2. The molecule has 0 N–H and O–H groups in total. The molecule has 3 nitrogen and oxygen atoms in total. The molecule has 4 rings (SSSR count). The predicted molar refractivity (Wildman–Crippen MR) is 110 cm³/mol. The van der Waals surface area contributed by atoms with Crippen molar-refractivity contribution in [2.24, 2.45) is 0 Å². The number of benzene rings is 3. The van der Waals surface area contributed by atoms with Crippen molar-refractivity contribution >= 4 is 11.7 Å². The minimum absolute atomic E-state index is 0.0175. The summed E-state index contributed by atoms with van der Waals surface area (Å²) < 4.78 is 0. The molecule has 0 aliphatic carbocycles. The Balaban J connectivity index is 1.88. The molecule has 0 bridgehead atoms. The normalized spacial score (nSPS) is 22.1. The molecule has 0 aromatic heterocycles. The summed E-state index contributed by atoms with van der Waals surface area (Å²) >= 11 is 0. The Kier molecular flexibility index (Phi) is 5.07. The summed E-state index contributed by atoms with van der Waals surface area (Å²) in [5, 5.41) is 0. The Labute approximate surface area is 165 Å². The molecule has 0 saturated carbocycles. The third kappa shape index (κ3) is 3.36. The maximum Gasteiger partial charge on any atom is 0.220 e. The number of ketones is 1. The van der Waals surface area contributed by atoms with Crippen LogP contribution < -0.4 is 0 Å². The van der Waals surface area contributed by atoms with Crippen LogP contribution in [0.3, 0.4) is 0 Å². The summed E-state index contributed by atoms with van der Waals surface area (Å²) in [6.45, 7) is 1.60. The van der Waals surface area contributed by atoms with E-state index >= 15 is 0 Å². The third-order valence-electron chi connectivity index (χ3n) is 5.54. The van der Waals surface area contributed by atoms with Crippen molar-refractivity contribution in [3.8, 4) is 0 Å². The fraction of sp³-hybridized carbons (Fsp3) is 0.200. The average Bonchev–Trinajstić information content (AvgIpc) is 2.74. The molecule has 3 aromatic carbocycles. The lowest BCUT2D eigenvalue weighted by molar-refractivity contribution is -0.142. The van der Waals surface area contributed by atoms with Crippen molar-refractivity contribution in [3.63, 3.8) is 0 Å². The minimum Gasteiger partial charge on any atom is -0.327 e. The number of rotatable bonds is 3. The second-order valence-corrected chi connectivity index (χ2v) is 7.27. The molecular formula is C25H23NO2.